The van der Waals surface area contributed by atoms with Gasteiger partial charge in [0.2, 0.25) is 0 Å². The van der Waals surface area contributed by atoms with Crippen LogP contribution in [0, 0.1) is 0 Å². The number of hydrogen-bond donors (Lipinski definition) is 2. The standard InChI is InChI=1S/C9H16N2O2/c10-8-3-1-5-11(7-8)6-2-4-9(12)13/h2,4,8H,1,3,5-7,10H2,(H,12,13)/b4-2+. The molecule has 0 aromatic carbocycles. The highest BCUT2D eigenvalue weighted by atomic mass is 16.4. The number of nitrogens with zero attached hydrogens (tertiary/aromatic N) is 1. The van der Waals surface area contributed by atoms with Gasteiger partial charge in [-0.2, -0.15) is 0 Å². The molecule has 4 heteroatoms. The molecule has 0 amide bonds. The van der Waals surface area contributed by atoms with E-state index in [-0.39, 0.29) is 6.04 Å². The molecule has 0 saturated carbocycles. The van der Waals surface area contributed by atoms with E-state index in [4.69, 9.17) is 10.8 Å². The third-order valence-electron chi connectivity index (χ3n) is 2.17. The lowest BCUT2D eigenvalue weighted by atomic mass is 10.1. The molecule has 1 aliphatic heterocycles. The maximum Gasteiger partial charge on any atom is 0.328 e. The number of piperidine rings is 1. The van der Waals surface area contributed by atoms with Crippen LogP contribution in [0.2, 0.25) is 0 Å². The highest BCUT2D eigenvalue weighted by Crippen LogP contribution is 2.07. The van der Waals surface area contributed by atoms with Crippen molar-refractivity contribution in [2.45, 2.75) is 18.9 Å². The van der Waals surface area contributed by atoms with Crippen LogP contribution in [0.3, 0.4) is 0 Å². The van der Waals surface area contributed by atoms with Gasteiger partial charge in [-0.05, 0) is 19.4 Å². The van der Waals surface area contributed by atoms with Crippen molar-refractivity contribution in [3.63, 3.8) is 0 Å². The number of rotatable bonds is 3. The Bertz CT molecular complexity index is 204. The van der Waals surface area contributed by atoms with E-state index in [9.17, 15) is 4.79 Å². The predicted octanol–water partition coefficient (Wildman–Crippen LogP) is 0.0503. The van der Waals surface area contributed by atoms with Crippen LogP contribution in [-0.2, 0) is 4.79 Å². The van der Waals surface area contributed by atoms with Gasteiger partial charge in [-0.3, -0.25) is 4.90 Å². The molecule has 1 rings (SSSR count). The molecule has 1 heterocycles. The first kappa shape index (κ1) is 10.2. The van der Waals surface area contributed by atoms with Crippen molar-refractivity contribution in [3.8, 4) is 0 Å². The van der Waals surface area contributed by atoms with Gasteiger partial charge in [-0.1, -0.05) is 6.08 Å². The zero-order valence-corrected chi connectivity index (χ0v) is 7.65. The Balaban J connectivity index is 2.24. The van der Waals surface area contributed by atoms with Crippen LogP contribution in [0.4, 0.5) is 0 Å². The quantitative estimate of drug-likeness (QED) is 0.608. The molecule has 0 bridgehead atoms. The lowest BCUT2D eigenvalue weighted by Gasteiger charge is -2.29. The highest BCUT2D eigenvalue weighted by molar-refractivity contribution is 5.79. The molecular weight excluding hydrogens is 168 g/mol. The van der Waals surface area contributed by atoms with Gasteiger partial charge in [-0.15, -0.1) is 0 Å². The zero-order chi connectivity index (χ0) is 9.68. The van der Waals surface area contributed by atoms with E-state index in [0.29, 0.717) is 6.54 Å². The van der Waals surface area contributed by atoms with Gasteiger partial charge < -0.3 is 10.8 Å². The molecule has 1 atom stereocenters. The SMILES string of the molecule is NC1CCCN(C/C=C/C(=O)O)C1. The Kier molecular flexibility index (Phi) is 3.92. The summed E-state index contributed by atoms with van der Waals surface area (Å²) >= 11 is 0. The smallest absolute Gasteiger partial charge is 0.328 e. The van der Waals surface area contributed by atoms with Crippen molar-refractivity contribution in [3.05, 3.63) is 12.2 Å². The van der Waals surface area contributed by atoms with E-state index in [1.165, 1.54) is 6.08 Å². The monoisotopic (exact) mass is 184 g/mol. The molecule has 3 N–H and O–H groups in total. The summed E-state index contributed by atoms with van der Waals surface area (Å²) in [5, 5.41) is 8.36. The van der Waals surface area contributed by atoms with Crippen molar-refractivity contribution in [2.24, 2.45) is 5.73 Å². The molecule has 4 nitrogen and oxygen atoms in total. The Hall–Kier alpha value is -0.870. The van der Waals surface area contributed by atoms with Crippen LogP contribution in [0.25, 0.3) is 0 Å². The molecule has 1 aliphatic rings. The van der Waals surface area contributed by atoms with E-state index < -0.39 is 5.97 Å². The summed E-state index contributed by atoms with van der Waals surface area (Å²) in [6, 6.07) is 0.256. The van der Waals surface area contributed by atoms with Gasteiger partial charge in [0.1, 0.15) is 0 Å². The average Bonchev–Trinajstić information content (AvgIpc) is 2.03. The van der Waals surface area contributed by atoms with Crippen LogP contribution in [0.5, 0.6) is 0 Å². The first-order valence-electron chi connectivity index (χ1n) is 4.56. The first-order valence-corrected chi connectivity index (χ1v) is 4.56. The van der Waals surface area contributed by atoms with Crippen LogP contribution in [0.15, 0.2) is 12.2 Å². The molecule has 13 heavy (non-hydrogen) atoms. The van der Waals surface area contributed by atoms with E-state index in [2.05, 4.69) is 4.90 Å². The number of carboxylic acids is 1. The summed E-state index contributed by atoms with van der Waals surface area (Å²) in [4.78, 5) is 12.3. The molecule has 1 fully saturated rings. The Morgan fingerprint density at radius 1 is 1.69 bits per heavy atom. The molecule has 1 unspecified atom stereocenters. The molecule has 0 aliphatic carbocycles. The van der Waals surface area contributed by atoms with Gasteiger partial charge >= 0.3 is 5.97 Å². The molecule has 0 radical (unpaired) electrons. The Morgan fingerprint density at radius 2 is 2.46 bits per heavy atom. The summed E-state index contributed by atoms with van der Waals surface area (Å²) in [6.07, 6.45) is 5.04. The minimum Gasteiger partial charge on any atom is -0.478 e. The number of carbonyl (C=O) groups is 1. The summed E-state index contributed by atoms with van der Waals surface area (Å²) in [5.41, 5.74) is 5.77. The minimum atomic E-state index is -0.888. The zero-order valence-electron chi connectivity index (χ0n) is 7.65. The fourth-order valence-corrected chi connectivity index (χ4v) is 1.56. The van der Waals surface area contributed by atoms with E-state index in [1.54, 1.807) is 6.08 Å². The number of carboxylic acid groups (broad SMARTS) is 1. The molecule has 74 valence electrons. The lowest BCUT2D eigenvalue weighted by molar-refractivity contribution is -0.131. The molecular formula is C9H16N2O2. The van der Waals surface area contributed by atoms with Crippen LogP contribution < -0.4 is 5.73 Å². The Labute approximate surface area is 78.0 Å². The van der Waals surface area contributed by atoms with Crippen molar-refractivity contribution >= 4 is 5.97 Å². The summed E-state index contributed by atoms with van der Waals surface area (Å²) in [5.74, 6) is -0.888. The number of aliphatic carboxylic acids is 1. The fraction of sp³-hybridized carbons (Fsp3) is 0.667. The lowest BCUT2D eigenvalue weighted by Crippen LogP contribution is -2.42. The number of nitrogens with two attached hydrogens (primary N) is 1. The topological polar surface area (TPSA) is 66.6 Å². The third-order valence-corrected chi connectivity index (χ3v) is 2.17. The van der Waals surface area contributed by atoms with Gasteiger partial charge in [0.05, 0.1) is 0 Å². The maximum absolute atomic E-state index is 10.2. The second-order valence-corrected chi connectivity index (χ2v) is 3.40. The predicted molar refractivity (Wildman–Crippen MR) is 50.4 cm³/mol. The number of hydrogen-bond acceptors (Lipinski definition) is 3. The maximum atomic E-state index is 10.2. The van der Waals surface area contributed by atoms with Crippen molar-refractivity contribution in [1.29, 1.82) is 0 Å². The molecule has 0 spiro atoms. The molecule has 0 aromatic heterocycles. The summed E-state index contributed by atoms with van der Waals surface area (Å²) in [7, 11) is 0. The van der Waals surface area contributed by atoms with Crippen molar-refractivity contribution < 1.29 is 9.90 Å². The van der Waals surface area contributed by atoms with Crippen molar-refractivity contribution in [2.75, 3.05) is 19.6 Å². The van der Waals surface area contributed by atoms with Gasteiger partial charge in [-0.25, -0.2) is 4.79 Å². The van der Waals surface area contributed by atoms with Crippen LogP contribution >= 0.6 is 0 Å². The van der Waals surface area contributed by atoms with Crippen molar-refractivity contribution in [1.82, 2.24) is 4.90 Å². The Morgan fingerprint density at radius 3 is 3.08 bits per heavy atom. The molecule has 1 saturated heterocycles. The van der Waals surface area contributed by atoms with E-state index >= 15 is 0 Å². The third kappa shape index (κ3) is 4.05. The van der Waals surface area contributed by atoms with Crippen LogP contribution in [0.1, 0.15) is 12.8 Å². The highest BCUT2D eigenvalue weighted by Gasteiger charge is 2.14. The summed E-state index contributed by atoms with van der Waals surface area (Å²) in [6.45, 7) is 2.60. The van der Waals surface area contributed by atoms with Gasteiger partial charge in [0.25, 0.3) is 0 Å². The number of likely N-dealkylation sites (tertiary alicyclic amines) is 1. The largest absolute Gasteiger partial charge is 0.478 e. The van der Waals surface area contributed by atoms with E-state index in [1.807, 2.05) is 0 Å². The summed E-state index contributed by atoms with van der Waals surface area (Å²) < 4.78 is 0. The van der Waals surface area contributed by atoms with Gasteiger partial charge in [0, 0.05) is 25.2 Å². The second kappa shape index (κ2) is 4.99. The normalized spacial score (nSPS) is 25.2. The second-order valence-electron chi connectivity index (χ2n) is 3.40. The fourth-order valence-electron chi connectivity index (χ4n) is 1.56. The molecule has 0 aromatic rings. The first-order chi connectivity index (χ1) is 6.18. The van der Waals surface area contributed by atoms with E-state index in [0.717, 1.165) is 25.9 Å². The van der Waals surface area contributed by atoms with Crippen LogP contribution in [-0.4, -0.2) is 41.7 Å². The average molecular weight is 184 g/mol. The van der Waals surface area contributed by atoms with Gasteiger partial charge in [0.15, 0.2) is 0 Å². The minimum absolute atomic E-state index is 0.256.